The first-order valence-corrected chi connectivity index (χ1v) is 5.59. The third-order valence-corrected chi connectivity index (χ3v) is 2.49. The smallest absolute Gasteiger partial charge is 0.314 e. The van der Waals surface area contributed by atoms with Gasteiger partial charge >= 0.3 is 5.69 Å². The largest absolute Gasteiger partial charge is 0.478 e. The lowest BCUT2D eigenvalue weighted by Crippen LogP contribution is -2.08. The predicted molar refractivity (Wildman–Crippen MR) is 69.4 cm³/mol. The van der Waals surface area contributed by atoms with E-state index in [9.17, 15) is 14.5 Å². The Morgan fingerprint density at radius 2 is 2.25 bits per heavy atom. The second-order valence-corrected chi connectivity index (χ2v) is 3.81. The Morgan fingerprint density at radius 3 is 2.95 bits per heavy atom. The van der Waals surface area contributed by atoms with Crippen LogP contribution in [0.3, 0.4) is 0 Å². The number of nitrogens with zero attached hydrogens (tertiary/aromatic N) is 2. The van der Waals surface area contributed by atoms with E-state index >= 15 is 0 Å². The summed E-state index contributed by atoms with van der Waals surface area (Å²) in [6.07, 6.45) is 1.49. The lowest BCUT2D eigenvalue weighted by molar-refractivity contribution is -0.386. The number of ether oxygens (including phenoxy) is 1. The summed E-state index contributed by atoms with van der Waals surface area (Å²) < 4.78 is 18.7. The van der Waals surface area contributed by atoms with Crippen molar-refractivity contribution < 1.29 is 14.1 Å². The van der Waals surface area contributed by atoms with Gasteiger partial charge in [0.1, 0.15) is 6.61 Å². The van der Waals surface area contributed by atoms with Crippen molar-refractivity contribution in [3.05, 3.63) is 58.2 Å². The summed E-state index contributed by atoms with van der Waals surface area (Å²) in [5, 5.41) is 10.8. The summed E-state index contributed by atoms with van der Waals surface area (Å²) in [7, 11) is 0. The lowest BCUT2D eigenvalue weighted by atomic mass is 10.3. The number of halogens is 1. The Morgan fingerprint density at radius 1 is 1.45 bits per heavy atom. The lowest BCUT2D eigenvalue weighted by Gasteiger charge is -2.08. The standard InChI is InChI=1S/C12H11FN4O3/c13-10-2-1-3-11(17(18)19)12(10)20-7-9-6-8(16-14)4-5-15-9/h1-6H,7,14H2,(H,15,16). The van der Waals surface area contributed by atoms with E-state index in [4.69, 9.17) is 10.6 Å². The zero-order chi connectivity index (χ0) is 14.5. The summed E-state index contributed by atoms with van der Waals surface area (Å²) in [6.45, 7) is -0.114. The van der Waals surface area contributed by atoms with Crippen molar-refractivity contribution in [2.75, 3.05) is 5.43 Å². The highest BCUT2D eigenvalue weighted by molar-refractivity contribution is 5.47. The van der Waals surface area contributed by atoms with E-state index in [0.717, 1.165) is 6.07 Å². The molecule has 1 aromatic heterocycles. The monoisotopic (exact) mass is 278 g/mol. The molecule has 0 unspecified atom stereocenters. The summed E-state index contributed by atoms with van der Waals surface area (Å²) in [4.78, 5) is 14.1. The van der Waals surface area contributed by atoms with Gasteiger partial charge in [-0.2, -0.15) is 0 Å². The number of nitro groups is 1. The van der Waals surface area contributed by atoms with Gasteiger partial charge in [-0.1, -0.05) is 6.07 Å². The molecule has 0 aliphatic heterocycles. The maximum atomic E-state index is 13.6. The number of nitro benzene ring substituents is 1. The summed E-state index contributed by atoms with van der Waals surface area (Å²) >= 11 is 0. The Hall–Kier alpha value is -2.74. The Kier molecular flexibility index (Phi) is 4.06. The summed E-state index contributed by atoms with van der Waals surface area (Å²) in [5.74, 6) is 4.04. The number of nitrogens with two attached hydrogens (primary N) is 1. The van der Waals surface area contributed by atoms with E-state index < -0.39 is 22.2 Å². The topological polar surface area (TPSA) is 103 Å². The van der Waals surface area contributed by atoms with Crippen LogP contribution in [0.25, 0.3) is 0 Å². The van der Waals surface area contributed by atoms with Gasteiger partial charge in [-0.15, -0.1) is 0 Å². The van der Waals surface area contributed by atoms with Crippen LogP contribution >= 0.6 is 0 Å². The van der Waals surface area contributed by atoms with Gasteiger partial charge in [-0.3, -0.25) is 20.9 Å². The van der Waals surface area contributed by atoms with Crippen LogP contribution in [-0.4, -0.2) is 9.91 Å². The van der Waals surface area contributed by atoms with Crippen LogP contribution in [0.5, 0.6) is 5.75 Å². The fraction of sp³-hybridized carbons (Fsp3) is 0.0833. The highest BCUT2D eigenvalue weighted by Gasteiger charge is 2.19. The Balaban J connectivity index is 2.20. The molecule has 0 fully saturated rings. The molecule has 20 heavy (non-hydrogen) atoms. The van der Waals surface area contributed by atoms with Crippen molar-refractivity contribution in [3.63, 3.8) is 0 Å². The van der Waals surface area contributed by atoms with E-state index in [-0.39, 0.29) is 6.61 Å². The van der Waals surface area contributed by atoms with Gasteiger partial charge in [-0.05, 0) is 18.2 Å². The van der Waals surface area contributed by atoms with Crippen LogP contribution in [-0.2, 0) is 6.61 Å². The quantitative estimate of drug-likeness (QED) is 0.492. The molecule has 2 rings (SSSR count). The minimum absolute atomic E-state index is 0.114. The molecule has 8 heteroatoms. The molecule has 0 amide bonds. The Labute approximate surface area is 113 Å². The first kappa shape index (κ1) is 13.7. The van der Waals surface area contributed by atoms with Crippen LogP contribution < -0.4 is 16.0 Å². The van der Waals surface area contributed by atoms with Gasteiger partial charge in [0.05, 0.1) is 16.3 Å². The molecule has 0 saturated heterocycles. The minimum Gasteiger partial charge on any atom is -0.478 e. The SMILES string of the molecule is NNc1ccnc(COc2c(F)cccc2[N+](=O)[O-])c1. The third kappa shape index (κ3) is 2.98. The summed E-state index contributed by atoms with van der Waals surface area (Å²) in [6, 6.07) is 6.73. The molecule has 1 heterocycles. The van der Waals surface area contributed by atoms with E-state index in [0.29, 0.717) is 11.4 Å². The number of benzene rings is 1. The number of rotatable bonds is 5. The maximum absolute atomic E-state index is 13.6. The van der Waals surface area contributed by atoms with Gasteiger partial charge in [0, 0.05) is 12.3 Å². The van der Waals surface area contributed by atoms with Crippen molar-refractivity contribution in [3.8, 4) is 5.75 Å². The molecule has 0 bridgehead atoms. The second-order valence-electron chi connectivity index (χ2n) is 3.81. The normalized spacial score (nSPS) is 10.1. The first-order chi connectivity index (χ1) is 9.61. The number of para-hydroxylation sites is 1. The zero-order valence-corrected chi connectivity index (χ0v) is 10.2. The second kappa shape index (κ2) is 5.93. The maximum Gasteiger partial charge on any atom is 0.314 e. The van der Waals surface area contributed by atoms with Gasteiger partial charge in [0.25, 0.3) is 0 Å². The van der Waals surface area contributed by atoms with Crippen LogP contribution in [0.15, 0.2) is 36.5 Å². The number of anilines is 1. The summed E-state index contributed by atoms with van der Waals surface area (Å²) in [5.41, 5.74) is 3.05. The molecule has 104 valence electrons. The molecule has 0 saturated carbocycles. The molecule has 0 aliphatic rings. The molecular weight excluding hydrogens is 267 g/mol. The first-order valence-electron chi connectivity index (χ1n) is 5.59. The van der Waals surface area contributed by atoms with E-state index in [1.54, 1.807) is 12.1 Å². The third-order valence-electron chi connectivity index (χ3n) is 2.49. The van der Waals surface area contributed by atoms with Crippen LogP contribution in [0.1, 0.15) is 5.69 Å². The average Bonchev–Trinajstić information content (AvgIpc) is 2.45. The number of hydrogen-bond acceptors (Lipinski definition) is 6. The minimum atomic E-state index is -0.799. The molecule has 0 atom stereocenters. The van der Waals surface area contributed by atoms with Crippen molar-refractivity contribution in [1.29, 1.82) is 0 Å². The number of nitrogen functional groups attached to an aromatic ring is 1. The number of nitrogens with one attached hydrogen (secondary N) is 1. The predicted octanol–water partition coefficient (Wildman–Crippen LogP) is 1.99. The molecular formula is C12H11FN4O3. The van der Waals surface area contributed by atoms with E-state index in [2.05, 4.69) is 10.4 Å². The molecule has 2 aromatic rings. The van der Waals surface area contributed by atoms with Crippen molar-refractivity contribution >= 4 is 11.4 Å². The molecule has 0 aliphatic carbocycles. The van der Waals surface area contributed by atoms with Gasteiger partial charge in [-0.25, -0.2) is 4.39 Å². The van der Waals surface area contributed by atoms with Crippen molar-refractivity contribution in [2.24, 2.45) is 5.84 Å². The van der Waals surface area contributed by atoms with Crippen molar-refractivity contribution in [2.45, 2.75) is 6.61 Å². The number of hydrogen-bond donors (Lipinski definition) is 2. The highest BCUT2D eigenvalue weighted by Crippen LogP contribution is 2.30. The molecule has 7 nitrogen and oxygen atoms in total. The molecule has 0 radical (unpaired) electrons. The van der Waals surface area contributed by atoms with E-state index in [1.165, 1.54) is 18.3 Å². The van der Waals surface area contributed by atoms with E-state index in [1.807, 2.05) is 0 Å². The number of hydrazine groups is 1. The van der Waals surface area contributed by atoms with Gasteiger partial charge in [0.15, 0.2) is 5.82 Å². The van der Waals surface area contributed by atoms with Crippen LogP contribution in [0, 0.1) is 15.9 Å². The zero-order valence-electron chi connectivity index (χ0n) is 10.2. The van der Waals surface area contributed by atoms with Crippen molar-refractivity contribution in [1.82, 2.24) is 4.98 Å². The van der Waals surface area contributed by atoms with Gasteiger partial charge < -0.3 is 10.2 Å². The average molecular weight is 278 g/mol. The fourth-order valence-corrected chi connectivity index (χ4v) is 1.58. The van der Waals surface area contributed by atoms with Gasteiger partial charge in [0.2, 0.25) is 5.75 Å². The van der Waals surface area contributed by atoms with Crippen LogP contribution in [0.2, 0.25) is 0 Å². The Bertz CT molecular complexity index is 636. The molecule has 3 N–H and O–H groups in total. The highest BCUT2D eigenvalue weighted by atomic mass is 19.1. The van der Waals surface area contributed by atoms with Crippen LogP contribution in [0.4, 0.5) is 15.8 Å². The fourth-order valence-electron chi connectivity index (χ4n) is 1.58. The number of pyridine rings is 1. The molecule has 0 spiro atoms. The molecule has 1 aromatic carbocycles. The number of aromatic nitrogens is 1.